The minimum absolute atomic E-state index is 0.231. The van der Waals surface area contributed by atoms with Crippen molar-refractivity contribution >= 4 is 11.5 Å². The van der Waals surface area contributed by atoms with Crippen molar-refractivity contribution in [3.05, 3.63) is 76.1 Å². The van der Waals surface area contributed by atoms with E-state index in [4.69, 9.17) is 5.11 Å². The molecule has 0 bridgehead atoms. The smallest absolute Gasteiger partial charge is 0.335 e. The summed E-state index contributed by atoms with van der Waals surface area (Å²) in [6.45, 7) is 1.85. The van der Waals surface area contributed by atoms with Crippen LogP contribution in [0.5, 0.6) is 0 Å². The Morgan fingerprint density at radius 1 is 1.14 bits per heavy atom. The molecule has 21 heavy (non-hydrogen) atoms. The highest BCUT2D eigenvalue weighted by atomic mass is 19.1. The summed E-state index contributed by atoms with van der Waals surface area (Å²) in [5, 5.41) is 9.14. The highest BCUT2D eigenvalue weighted by Crippen LogP contribution is 2.33. The van der Waals surface area contributed by atoms with Crippen LogP contribution in [0.15, 0.2) is 42.5 Å². The predicted molar refractivity (Wildman–Crippen MR) is 79.9 cm³/mol. The quantitative estimate of drug-likeness (QED) is 0.895. The molecule has 0 amide bonds. The average Bonchev–Trinajstić information content (AvgIpc) is 2.46. The van der Waals surface area contributed by atoms with Gasteiger partial charge in [0, 0.05) is 5.56 Å². The molecule has 0 aromatic heterocycles. The minimum Gasteiger partial charge on any atom is -0.478 e. The van der Waals surface area contributed by atoms with Crippen LogP contribution in [0.25, 0.3) is 5.57 Å². The Labute approximate surface area is 122 Å². The van der Waals surface area contributed by atoms with E-state index in [0.717, 1.165) is 35.1 Å². The van der Waals surface area contributed by atoms with E-state index in [1.54, 1.807) is 18.2 Å². The monoisotopic (exact) mass is 282 g/mol. The van der Waals surface area contributed by atoms with Crippen molar-refractivity contribution in [2.45, 2.75) is 19.8 Å². The number of allylic oxidation sites excluding steroid dienone is 1. The Morgan fingerprint density at radius 3 is 2.67 bits per heavy atom. The molecule has 1 aliphatic carbocycles. The highest BCUT2D eigenvalue weighted by Gasteiger charge is 2.18. The Balaban J connectivity index is 2.16. The zero-order valence-corrected chi connectivity index (χ0v) is 11.7. The number of hydrogen-bond acceptors (Lipinski definition) is 1. The molecular formula is C18H15FO2. The van der Waals surface area contributed by atoms with Crippen molar-refractivity contribution in [1.29, 1.82) is 0 Å². The number of aromatic carboxylic acids is 1. The molecule has 106 valence electrons. The third-order valence-electron chi connectivity index (χ3n) is 3.82. The molecule has 2 aromatic carbocycles. The lowest BCUT2D eigenvalue weighted by atomic mass is 9.85. The van der Waals surface area contributed by atoms with E-state index < -0.39 is 5.97 Å². The van der Waals surface area contributed by atoms with Crippen LogP contribution in [0.2, 0.25) is 0 Å². The fraction of sp³-hybridized carbons (Fsp3) is 0.167. The summed E-state index contributed by atoms with van der Waals surface area (Å²) in [5.41, 5.74) is 4.31. The van der Waals surface area contributed by atoms with Gasteiger partial charge in [0.05, 0.1) is 5.56 Å². The molecule has 0 fully saturated rings. The van der Waals surface area contributed by atoms with Gasteiger partial charge in [-0.1, -0.05) is 24.3 Å². The van der Waals surface area contributed by atoms with Gasteiger partial charge < -0.3 is 5.11 Å². The van der Waals surface area contributed by atoms with Crippen molar-refractivity contribution in [3.8, 4) is 0 Å². The van der Waals surface area contributed by atoms with Crippen LogP contribution < -0.4 is 0 Å². The summed E-state index contributed by atoms with van der Waals surface area (Å²) in [7, 11) is 0. The van der Waals surface area contributed by atoms with E-state index >= 15 is 0 Å². The van der Waals surface area contributed by atoms with Crippen LogP contribution in [0.4, 0.5) is 4.39 Å². The summed E-state index contributed by atoms with van der Waals surface area (Å²) in [5.74, 6) is -1.23. The topological polar surface area (TPSA) is 37.3 Å². The first kappa shape index (κ1) is 13.6. The second-order valence-corrected chi connectivity index (χ2v) is 5.32. The first-order chi connectivity index (χ1) is 10.1. The Hall–Kier alpha value is -2.42. The molecule has 0 unspecified atom stereocenters. The summed E-state index contributed by atoms with van der Waals surface area (Å²) < 4.78 is 14.2. The lowest BCUT2D eigenvalue weighted by molar-refractivity contribution is 0.0697. The largest absolute Gasteiger partial charge is 0.478 e. The number of carboxylic acids is 1. The number of halogens is 1. The molecule has 1 aliphatic rings. The fourth-order valence-corrected chi connectivity index (χ4v) is 2.75. The van der Waals surface area contributed by atoms with Gasteiger partial charge in [0.25, 0.3) is 0 Å². The summed E-state index contributed by atoms with van der Waals surface area (Å²) >= 11 is 0. The van der Waals surface area contributed by atoms with Crippen LogP contribution in [0.1, 0.15) is 39.0 Å². The van der Waals surface area contributed by atoms with Crippen molar-refractivity contribution in [1.82, 2.24) is 0 Å². The number of carboxylic acid groups (broad SMARTS) is 1. The van der Waals surface area contributed by atoms with E-state index in [1.165, 1.54) is 6.07 Å². The highest BCUT2D eigenvalue weighted by molar-refractivity contribution is 5.91. The van der Waals surface area contributed by atoms with Gasteiger partial charge >= 0.3 is 5.97 Å². The maximum atomic E-state index is 14.2. The van der Waals surface area contributed by atoms with E-state index in [-0.39, 0.29) is 11.4 Å². The lowest BCUT2D eigenvalue weighted by Gasteiger charge is -2.19. The van der Waals surface area contributed by atoms with Crippen molar-refractivity contribution in [2.75, 3.05) is 0 Å². The number of rotatable bonds is 2. The van der Waals surface area contributed by atoms with Crippen LogP contribution in [0.3, 0.4) is 0 Å². The number of benzene rings is 2. The standard InChI is InChI=1S/C18H15FO2/c1-11-5-8-15(17(19)9-11)14-4-2-3-12-6-7-13(18(20)21)10-16(12)14/h4-10H,2-3H2,1H3,(H,20,21). The Bertz CT molecular complexity index is 760. The second-order valence-electron chi connectivity index (χ2n) is 5.32. The van der Waals surface area contributed by atoms with Gasteiger partial charge in [0.15, 0.2) is 0 Å². The van der Waals surface area contributed by atoms with Crippen LogP contribution >= 0.6 is 0 Å². The molecule has 0 spiro atoms. The molecule has 0 radical (unpaired) electrons. The van der Waals surface area contributed by atoms with Gasteiger partial charge in [-0.3, -0.25) is 0 Å². The van der Waals surface area contributed by atoms with Crippen molar-refractivity contribution in [2.24, 2.45) is 0 Å². The van der Waals surface area contributed by atoms with Gasteiger partial charge in [-0.15, -0.1) is 0 Å². The molecule has 3 heteroatoms. The Kier molecular flexibility index (Phi) is 3.34. The van der Waals surface area contributed by atoms with Gasteiger partial charge in [-0.25, -0.2) is 9.18 Å². The van der Waals surface area contributed by atoms with E-state index in [0.29, 0.717) is 5.56 Å². The van der Waals surface area contributed by atoms with Gasteiger partial charge in [-0.05, 0) is 60.2 Å². The fourth-order valence-electron chi connectivity index (χ4n) is 2.75. The maximum absolute atomic E-state index is 14.2. The molecule has 2 nitrogen and oxygen atoms in total. The molecule has 0 saturated carbocycles. The summed E-state index contributed by atoms with van der Waals surface area (Å²) in [6.07, 6.45) is 3.68. The lowest BCUT2D eigenvalue weighted by Crippen LogP contribution is -2.06. The molecule has 3 rings (SSSR count). The summed E-state index contributed by atoms with van der Waals surface area (Å²) in [4.78, 5) is 11.1. The second kappa shape index (κ2) is 5.17. The predicted octanol–water partition coefficient (Wildman–Crippen LogP) is 4.21. The van der Waals surface area contributed by atoms with E-state index in [9.17, 15) is 9.18 Å². The Morgan fingerprint density at radius 2 is 1.95 bits per heavy atom. The van der Waals surface area contributed by atoms with Gasteiger partial charge in [0.1, 0.15) is 5.82 Å². The molecule has 0 saturated heterocycles. The number of aryl methyl sites for hydroxylation is 2. The molecule has 0 atom stereocenters. The molecule has 1 N–H and O–H groups in total. The van der Waals surface area contributed by atoms with Gasteiger partial charge in [0.2, 0.25) is 0 Å². The average molecular weight is 282 g/mol. The molecular weight excluding hydrogens is 267 g/mol. The van der Waals surface area contributed by atoms with Crippen molar-refractivity contribution < 1.29 is 14.3 Å². The SMILES string of the molecule is Cc1ccc(C2=CCCc3ccc(C(=O)O)cc32)c(F)c1. The molecule has 2 aromatic rings. The van der Waals surface area contributed by atoms with E-state index in [1.807, 2.05) is 25.1 Å². The van der Waals surface area contributed by atoms with Crippen molar-refractivity contribution in [3.63, 3.8) is 0 Å². The first-order valence-electron chi connectivity index (χ1n) is 6.89. The zero-order valence-electron chi connectivity index (χ0n) is 11.7. The van der Waals surface area contributed by atoms with Crippen LogP contribution in [-0.4, -0.2) is 11.1 Å². The van der Waals surface area contributed by atoms with Gasteiger partial charge in [-0.2, -0.15) is 0 Å². The summed E-state index contributed by atoms with van der Waals surface area (Å²) in [6, 6.07) is 10.2. The van der Waals surface area contributed by atoms with E-state index in [2.05, 4.69) is 0 Å². The number of fused-ring (bicyclic) bond motifs is 1. The third kappa shape index (κ3) is 2.47. The first-order valence-corrected chi connectivity index (χ1v) is 6.89. The number of carbonyl (C=O) groups is 1. The maximum Gasteiger partial charge on any atom is 0.335 e. The normalized spacial score (nSPS) is 13.5. The zero-order chi connectivity index (χ0) is 15.0. The van der Waals surface area contributed by atoms with Crippen LogP contribution in [-0.2, 0) is 6.42 Å². The minimum atomic E-state index is -0.966. The number of hydrogen-bond donors (Lipinski definition) is 1. The third-order valence-corrected chi connectivity index (χ3v) is 3.82. The molecule has 0 aliphatic heterocycles. The van der Waals surface area contributed by atoms with Crippen LogP contribution in [0, 0.1) is 12.7 Å². The molecule has 0 heterocycles.